The van der Waals surface area contributed by atoms with E-state index in [4.69, 9.17) is 0 Å². The summed E-state index contributed by atoms with van der Waals surface area (Å²) in [6.45, 7) is 11.5. The van der Waals surface area contributed by atoms with Crippen molar-refractivity contribution in [1.29, 1.82) is 0 Å². The molecule has 0 spiro atoms. The highest BCUT2D eigenvalue weighted by atomic mass is 35.5. The molecule has 1 unspecified atom stereocenters. The number of benzene rings is 4. The Balaban J connectivity index is 0.000000407. The van der Waals surface area contributed by atoms with Crippen LogP contribution in [-0.2, 0) is 11.0 Å². The average molecular weight is 673 g/mol. The van der Waals surface area contributed by atoms with E-state index in [9.17, 15) is 15.3 Å². The van der Waals surface area contributed by atoms with Gasteiger partial charge in [0.2, 0.25) is 0 Å². The lowest BCUT2D eigenvalue weighted by molar-refractivity contribution is -0.0146. The first-order valence-corrected chi connectivity index (χ1v) is 17.3. The van der Waals surface area contributed by atoms with Gasteiger partial charge in [-0.3, -0.25) is 0 Å². The molecule has 0 bridgehead atoms. The summed E-state index contributed by atoms with van der Waals surface area (Å²) in [7, 11) is 1.84. The number of nitrogens with one attached hydrogen (secondary N) is 1. The van der Waals surface area contributed by atoms with Gasteiger partial charge in [-0.1, -0.05) is 136 Å². The Bertz CT molecular complexity index is 1400. The van der Waals surface area contributed by atoms with Crippen LogP contribution in [0.5, 0.6) is 0 Å². The quantitative estimate of drug-likeness (QED) is 0.129. The van der Waals surface area contributed by atoms with Crippen molar-refractivity contribution in [1.82, 2.24) is 10.2 Å². The van der Waals surface area contributed by atoms with E-state index in [2.05, 4.69) is 79.5 Å². The standard InChI is InChI=1S/C32H41NO2.C10H15NO.ClH/c1-31(2,3)26-18-16-25(17-19-26)30(34)15-10-22-33-23-20-29(21-24-33)32(35,27-11-6-4-7-12-27)28-13-8-5-9-14-28;1-8(11-2)10(12)9-6-4-3-5-7-9;/h4-9,11-14,16-19,29-30,34-35H,10,15,20-24H2,1-3H3;3-8,10-12H,1-2H3;1H/t;8-,10+;/m.0./s1. The summed E-state index contributed by atoms with van der Waals surface area (Å²) < 4.78 is 0. The van der Waals surface area contributed by atoms with Gasteiger partial charge in [0.15, 0.2) is 0 Å². The summed E-state index contributed by atoms with van der Waals surface area (Å²) in [6.07, 6.45) is 2.81. The molecular formula is C42H57ClN2O3. The van der Waals surface area contributed by atoms with Crippen LogP contribution in [-0.4, -0.2) is 52.9 Å². The molecule has 0 saturated carbocycles. The number of aliphatic hydroxyl groups is 3. The number of nitrogens with zero attached hydrogens (tertiary/aromatic N) is 1. The molecule has 4 aromatic rings. The highest BCUT2D eigenvalue weighted by Crippen LogP contribution is 2.42. The smallest absolute Gasteiger partial charge is 0.117 e. The predicted molar refractivity (Wildman–Crippen MR) is 202 cm³/mol. The van der Waals surface area contributed by atoms with Crippen molar-refractivity contribution in [3.63, 3.8) is 0 Å². The van der Waals surface area contributed by atoms with Gasteiger partial charge in [0.05, 0.1) is 12.2 Å². The highest BCUT2D eigenvalue weighted by molar-refractivity contribution is 5.85. The van der Waals surface area contributed by atoms with E-state index < -0.39 is 17.8 Å². The van der Waals surface area contributed by atoms with Crippen LogP contribution >= 0.6 is 12.4 Å². The summed E-state index contributed by atoms with van der Waals surface area (Å²) in [6, 6.07) is 38.5. The van der Waals surface area contributed by atoms with Crippen LogP contribution in [0.1, 0.15) is 93.4 Å². The minimum Gasteiger partial charge on any atom is -0.388 e. The molecular weight excluding hydrogens is 616 g/mol. The van der Waals surface area contributed by atoms with Gasteiger partial charge >= 0.3 is 0 Å². The zero-order chi connectivity index (χ0) is 33.9. The van der Waals surface area contributed by atoms with E-state index in [1.807, 2.05) is 80.7 Å². The second-order valence-electron chi connectivity index (χ2n) is 14.1. The summed E-state index contributed by atoms with van der Waals surface area (Å²) in [5, 5.41) is 35.5. The van der Waals surface area contributed by atoms with Crippen molar-refractivity contribution in [2.45, 2.75) is 82.6 Å². The van der Waals surface area contributed by atoms with Crippen molar-refractivity contribution < 1.29 is 15.3 Å². The summed E-state index contributed by atoms with van der Waals surface area (Å²) >= 11 is 0. The molecule has 4 N–H and O–H groups in total. The number of hydrogen-bond acceptors (Lipinski definition) is 5. The molecule has 260 valence electrons. The third-order valence-electron chi connectivity index (χ3n) is 9.79. The Morgan fingerprint density at radius 1 is 0.708 bits per heavy atom. The van der Waals surface area contributed by atoms with Crippen molar-refractivity contribution >= 4 is 12.4 Å². The Kier molecular flexibility index (Phi) is 15.3. The lowest BCUT2D eigenvalue weighted by atomic mass is 9.72. The molecule has 48 heavy (non-hydrogen) atoms. The van der Waals surface area contributed by atoms with Gasteiger partial charge in [-0.05, 0) is 98.4 Å². The van der Waals surface area contributed by atoms with Crippen molar-refractivity contribution in [3.05, 3.63) is 143 Å². The average Bonchev–Trinajstić information content (AvgIpc) is 3.12. The third kappa shape index (κ3) is 10.5. The van der Waals surface area contributed by atoms with Crippen molar-refractivity contribution in [3.8, 4) is 0 Å². The van der Waals surface area contributed by atoms with Crippen molar-refractivity contribution in [2.75, 3.05) is 26.7 Å². The molecule has 1 heterocycles. The number of likely N-dealkylation sites (tertiary alicyclic amines) is 1. The van der Waals surface area contributed by atoms with Gasteiger partial charge in [-0.15, -0.1) is 12.4 Å². The van der Waals surface area contributed by atoms with E-state index >= 15 is 0 Å². The fraction of sp³-hybridized carbons (Fsp3) is 0.429. The number of halogens is 1. The molecule has 0 aliphatic carbocycles. The third-order valence-corrected chi connectivity index (χ3v) is 9.79. The summed E-state index contributed by atoms with van der Waals surface area (Å²) in [4.78, 5) is 2.49. The second kappa shape index (κ2) is 18.7. The first-order valence-electron chi connectivity index (χ1n) is 17.3. The van der Waals surface area contributed by atoms with Crippen LogP contribution in [0.2, 0.25) is 0 Å². The maximum absolute atomic E-state index is 12.1. The molecule has 0 amide bonds. The van der Waals surface area contributed by atoms with E-state index in [0.29, 0.717) is 0 Å². The monoisotopic (exact) mass is 672 g/mol. The number of aliphatic hydroxyl groups excluding tert-OH is 2. The highest BCUT2D eigenvalue weighted by Gasteiger charge is 2.41. The molecule has 1 fully saturated rings. The zero-order valence-electron chi connectivity index (χ0n) is 29.4. The predicted octanol–water partition coefficient (Wildman–Crippen LogP) is 8.20. The van der Waals surface area contributed by atoms with Gasteiger partial charge < -0.3 is 25.5 Å². The first kappa shape index (κ1) is 39.4. The fourth-order valence-electron chi connectivity index (χ4n) is 6.57. The zero-order valence-corrected chi connectivity index (χ0v) is 30.2. The Morgan fingerprint density at radius 3 is 1.65 bits per heavy atom. The molecule has 0 radical (unpaired) electrons. The van der Waals surface area contributed by atoms with Crippen LogP contribution in [0, 0.1) is 5.92 Å². The molecule has 1 saturated heterocycles. The van der Waals surface area contributed by atoms with Gasteiger partial charge in [0.25, 0.3) is 0 Å². The number of likely N-dealkylation sites (N-methyl/N-ethyl adjacent to an activating group) is 1. The van der Waals surface area contributed by atoms with Crippen LogP contribution in [0.15, 0.2) is 115 Å². The molecule has 6 heteroatoms. The lowest BCUT2D eigenvalue weighted by Gasteiger charge is -2.42. The number of hydrogen-bond donors (Lipinski definition) is 4. The topological polar surface area (TPSA) is 76.0 Å². The van der Waals surface area contributed by atoms with E-state index in [0.717, 1.165) is 67.6 Å². The Morgan fingerprint density at radius 2 is 1.19 bits per heavy atom. The SMILES string of the molecule is CC(C)(C)c1ccc(C(O)CCCN2CCC(C(O)(c3ccccc3)c3ccccc3)CC2)cc1.CN[C@@H](C)[C@@H](O)c1ccccc1.Cl. The first-order chi connectivity index (χ1) is 22.5. The van der Waals surface area contributed by atoms with Crippen LogP contribution in [0.4, 0.5) is 0 Å². The van der Waals surface area contributed by atoms with Gasteiger partial charge in [-0.25, -0.2) is 0 Å². The molecule has 0 aromatic heterocycles. The maximum atomic E-state index is 12.1. The number of piperidine rings is 1. The maximum Gasteiger partial charge on any atom is 0.117 e. The molecule has 1 aliphatic rings. The minimum absolute atomic E-state index is 0. The van der Waals surface area contributed by atoms with Crippen molar-refractivity contribution in [2.24, 2.45) is 5.92 Å². The molecule has 1 aliphatic heterocycles. The van der Waals surface area contributed by atoms with Gasteiger partial charge in [0.1, 0.15) is 5.60 Å². The van der Waals surface area contributed by atoms with Crippen LogP contribution < -0.4 is 5.32 Å². The molecule has 3 atom stereocenters. The molecule has 5 nitrogen and oxygen atoms in total. The molecule has 4 aromatic carbocycles. The van der Waals surface area contributed by atoms with Gasteiger partial charge in [-0.2, -0.15) is 0 Å². The van der Waals surface area contributed by atoms with E-state index in [-0.39, 0.29) is 29.8 Å². The van der Waals surface area contributed by atoms with E-state index in [1.54, 1.807) is 0 Å². The number of rotatable bonds is 11. The fourth-order valence-corrected chi connectivity index (χ4v) is 6.57. The van der Waals surface area contributed by atoms with Crippen LogP contribution in [0.3, 0.4) is 0 Å². The van der Waals surface area contributed by atoms with E-state index in [1.165, 1.54) is 5.56 Å². The Hall–Kier alpha value is -3.03. The van der Waals surface area contributed by atoms with Crippen LogP contribution in [0.25, 0.3) is 0 Å². The lowest BCUT2D eigenvalue weighted by Crippen LogP contribution is -2.44. The van der Waals surface area contributed by atoms with Gasteiger partial charge in [0, 0.05) is 6.04 Å². The molecule has 5 rings (SSSR count). The largest absolute Gasteiger partial charge is 0.388 e. The summed E-state index contributed by atoms with van der Waals surface area (Å²) in [5.74, 6) is 0.176. The summed E-state index contributed by atoms with van der Waals surface area (Å²) in [5.41, 5.74) is 4.37. The second-order valence-corrected chi connectivity index (χ2v) is 14.1. The minimum atomic E-state index is -0.968. The Labute approximate surface area is 295 Å². The normalized spacial score (nSPS) is 16.2.